The summed E-state index contributed by atoms with van der Waals surface area (Å²) in [5.74, 6) is 0.267. The number of nitrogens with zero attached hydrogens (tertiary/aromatic N) is 5. The second-order valence-electron chi connectivity index (χ2n) is 8.02. The number of hydrogen-bond donors (Lipinski definition) is 1. The first kappa shape index (κ1) is 20.5. The van der Waals surface area contributed by atoms with E-state index in [1.165, 1.54) is 12.1 Å². The SMILES string of the molecule is Cc1ccc2cc(C(c3nnnn3Cc3ccc(F)cc3)N3CCOCC3)c(=O)[nH]c2c1. The van der Waals surface area contributed by atoms with Crippen molar-refractivity contribution in [2.24, 2.45) is 0 Å². The zero-order chi connectivity index (χ0) is 22.1. The Kier molecular flexibility index (Phi) is 5.50. The molecule has 1 N–H and O–H groups in total. The fourth-order valence-electron chi connectivity index (χ4n) is 4.15. The van der Waals surface area contributed by atoms with E-state index in [-0.39, 0.29) is 11.4 Å². The summed E-state index contributed by atoms with van der Waals surface area (Å²) in [4.78, 5) is 18.4. The van der Waals surface area contributed by atoms with Gasteiger partial charge >= 0.3 is 0 Å². The molecule has 1 unspecified atom stereocenters. The molecule has 32 heavy (non-hydrogen) atoms. The minimum atomic E-state index is -0.441. The summed E-state index contributed by atoms with van der Waals surface area (Å²) in [5.41, 5.74) is 3.15. The lowest BCUT2D eigenvalue weighted by atomic mass is 10.0. The van der Waals surface area contributed by atoms with Crippen molar-refractivity contribution in [1.82, 2.24) is 30.1 Å². The highest BCUT2D eigenvalue weighted by molar-refractivity contribution is 5.79. The first-order chi connectivity index (χ1) is 15.6. The Hall–Kier alpha value is -3.43. The van der Waals surface area contributed by atoms with Gasteiger partial charge in [-0.1, -0.05) is 24.3 Å². The summed E-state index contributed by atoms with van der Waals surface area (Å²) >= 11 is 0. The number of ether oxygens (including phenoxy) is 1. The van der Waals surface area contributed by atoms with Crippen LogP contribution in [0.1, 0.15) is 28.6 Å². The third-order valence-electron chi connectivity index (χ3n) is 5.79. The van der Waals surface area contributed by atoms with Crippen molar-refractivity contribution in [3.05, 3.63) is 87.2 Å². The molecule has 1 atom stereocenters. The van der Waals surface area contributed by atoms with E-state index in [4.69, 9.17) is 4.74 Å². The number of nitrogens with one attached hydrogen (secondary N) is 1. The van der Waals surface area contributed by atoms with Crippen molar-refractivity contribution in [2.45, 2.75) is 19.5 Å². The van der Waals surface area contributed by atoms with E-state index in [0.29, 0.717) is 44.2 Å². The number of H-pyrrole nitrogens is 1. The third-order valence-corrected chi connectivity index (χ3v) is 5.79. The van der Waals surface area contributed by atoms with Gasteiger partial charge in [-0.05, 0) is 58.1 Å². The van der Waals surface area contributed by atoms with Crippen molar-refractivity contribution in [2.75, 3.05) is 26.3 Å². The molecule has 1 saturated heterocycles. The molecule has 0 aliphatic carbocycles. The van der Waals surface area contributed by atoms with Gasteiger partial charge in [-0.3, -0.25) is 9.69 Å². The number of fused-ring (bicyclic) bond motifs is 1. The van der Waals surface area contributed by atoms with Crippen LogP contribution in [0, 0.1) is 12.7 Å². The Morgan fingerprint density at radius 3 is 2.69 bits per heavy atom. The Morgan fingerprint density at radius 1 is 1.12 bits per heavy atom. The molecule has 1 fully saturated rings. The van der Waals surface area contributed by atoms with Crippen LogP contribution in [0.4, 0.5) is 4.39 Å². The van der Waals surface area contributed by atoms with Crippen LogP contribution in [0.5, 0.6) is 0 Å². The molecule has 164 valence electrons. The van der Waals surface area contributed by atoms with Crippen LogP contribution in [-0.4, -0.2) is 56.4 Å². The number of benzene rings is 2. The van der Waals surface area contributed by atoms with Crippen molar-refractivity contribution in [3.63, 3.8) is 0 Å². The normalized spacial score (nSPS) is 15.8. The van der Waals surface area contributed by atoms with Crippen LogP contribution >= 0.6 is 0 Å². The molecule has 2 aromatic carbocycles. The summed E-state index contributed by atoms with van der Waals surface area (Å²) in [5, 5.41) is 13.3. The number of aromatic nitrogens is 5. The second-order valence-corrected chi connectivity index (χ2v) is 8.02. The predicted molar refractivity (Wildman–Crippen MR) is 117 cm³/mol. The minimum Gasteiger partial charge on any atom is -0.379 e. The summed E-state index contributed by atoms with van der Waals surface area (Å²) in [7, 11) is 0. The maximum absolute atomic E-state index is 13.3. The molecule has 9 heteroatoms. The van der Waals surface area contributed by atoms with Gasteiger partial charge in [-0.2, -0.15) is 0 Å². The fraction of sp³-hybridized carbons (Fsp3) is 0.304. The number of aryl methyl sites for hydroxylation is 1. The van der Waals surface area contributed by atoms with E-state index in [0.717, 1.165) is 22.0 Å². The van der Waals surface area contributed by atoms with Gasteiger partial charge in [-0.15, -0.1) is 5.10 Å². The number of pyridine rings is 1. The topological polar surface area (TPSA) is 88.9 Å². The summed E-state index contributed by atoms with van der Waals surface area (Å²) in [6.45, 7) is 4.81. The van der Waals surface area contributed by atoms with Gasteiger partial charge < -0.3 is 9.72 Å². The molecule has 2 aromatic heterocycles. The highest BCUT2D eigenvalue weighted by Gasteiger charge is 2.31. The van der Waals surface area contributed by atoms with Crippen molar-refractivity contribution in [1.29, 1.82) is 0 Å². The maximum atomic E-state index is 13.3. The van der Waals surface area contributed by atoms with E-state index >= 15 is 0 Å². The van der Waals surface area contributed by atoms with E-state index in [9.17, 15) is 9.18 Å². The van der Waals surface area contributed by atoms with E-state index in [1.54, 1.807) is 16.8 Å². The van der Waals surface area contributed by atoms with Crippen LogP contribution in [-0.2, 0) is 11.3 Å². The number of aromatic amines is 1. The third kappa shape index (κ3) is 4.04. The van der Waals surface area contributed by atoms with Crippen LogP contribution in [0.25, 0.3) is 10.9 Å². The Labute approximate surface area is 183 Å². The fourth-order valence-corrected chi connectivity index (χ4v) is 4.15. The molecule has 0 saturated carbocycles. The van der Waals surface area contributed by atoms with Crippen LogP contribution < -0.4 is 5.56 Å². The molecule has 0 amide bonds. The number of halogens is 1. The smallest absolute Gasteiger partial charge is 0.253 e. The molecule has 0 bridgehead atoms. The average molecular weight is 434 g/mol. The number of morpholine rings is 1. The Bertz CT molecular complexity index is 1290. The van der Waals surface area contributed by atoms with Gasteiger partial charge in [0.05, 0.1) is 19.8 Å². The first-order valence-corrected chi connectivity index (χ1v) is 10.5. The molecular weight excluding hydrogens is 411 g/mol. The predicted octanol–water partition coefficient (Wildman–Crippen LogP) is 2.43. The highest BCUT2D eigenvalue weighted by Crippen LogP contribution is 2.28. The van der Waals surface area contributed by atoms with E-state index in [2.05, 4.69) is 25.4 Å². The number of hydrogen-bond acceptors (Lipinski definition) is 6. The van der Waals surface area contributed by atoms with Crippen LogP contribution in [0.15, 0.2) is 53.3 Å². The molecule has 3 heterocycles. The number of rotatable bonds is 5. The van der Waals surface area contributed by atoms with Gasteiger partial charge in [-0.25, -0.2) is 9.07 Å². The Morgan fingerprint density at radius 2 is 1.91 bits per heavy atom. The lowest BCUT2D eigenvalue weighted by Gasteiger charge is -2.33. The van der Waals surface area contributed by atoms with Gasteiger partial charge in [0, 0.05) is 24.2 Å². The number of tetrazole rings is 1. The molecular formula is C23H23FN6O2. The largest absolute Gasteiger partial charge is 0.379 e. The summed E-state index contributed by atoms with van der Waals surface area (Å²) in [6.07, 6.45) is 0. The first-order valence-electron chi connectivity index (χ1n) is 10.5. The van der Waals surface area contributed by atoms with Crippen molar-refractivity contribution < 1.29 is 9.13 Å². The van der Waals surface area contributed by atoms with Gasteiger partial charge in [0.15, 0.2) is 5.82 Å². The lowest BCUT2D eigenvalue weighted by molar-refractivity contribution is 0.0214. The van der Waals surface area contributed by atoms with Crippen molar-refractivity contribution in [3.8, 4) is 0 Å². The van der Waals surface area contributed by atoms with Gasteiger partial charge in [0.25, 0.3) is 5.56 Å². The molecule has 5 rings (SSSR count). The monoisotopic (exact) mass is 434 g/mol. The lowest BCUT2D eigenvalue weighted by Crippen LogP contribution is -2.42. The molecule has 1 aliphatic heterocycles. The second kappa shape index (κ2) is 8.60. The molecule has 4 aromatic rings. The van der Waals surface area contributed by atoms with Crippen molar-refractivity contribution >= 4 is 10.9 Å². The van der Waals surface area contributed by atoms with Gasteiger partial charge in [0.1, 0.15) is 11.9 Å². The Balaban J connectivity index is 1.60. The zero-order valence-electron chi connectivity index (χ0n) is 17.7. The molecule has 1 aliphatic rings. The molecule has 0 radical (unpaired) electrons. The molecule has 0 spiro atoms. The summed E-state index contributed by atoms with van der Waals surface area (Å²) < 4.78 is 20.5. The minimum absolute atomic E-state index is 0.170. The zero-order valence-corrected chi connectivity index (χ0v) is 17.7. The standard InChI is InChI=1S/C23H23FN6O2/c1-15-2-5-17-13-19(23(31)25-20(17)12-15)21(29-8-10-32-11-9-29)22-26-27-28-30(22)14-16-3-6-18(24)7-4-16/h2-7,12-13,21H,8-11,14H2,1H3,(H,25,31). The summed E-state index contributed by atoms with van der Waals surface area (Å²) in [6, 6.07) is 13.7. The average Bonchev–Trinajstić information content (AvgIpc) is 3.24. The van der Waals surface area contributed by atoms with E-state index in [1.807, 2.05) is 31.2 Å². The van der Waals surface area contributed by atoms with Crippen LogP contribution in [0.2, 0.25) is 0 Å². The van der Waals surface area contributed by atoms with Crippen LogP contribution in [0.3, 0.4) is 0 Å². The molecule has 8 nitrogen and oxygen atoms in total. The quantitative estimate of drug-likeness (QED) is 0.519. The highest BCUT2D eigenvalue weighted by atomic mass is 19.1. The van der Waals surface area contributed by atoms with E-state index < -0.39 is 6.04 Å². The van der Waals surface area contributed by atoms with Gasteiger partial charge in [0.2, 0.25) is 0 Å². The maximum Gasteiger partial charge on any atom is 0.253 e.